The van der Waals surface area contributed by atoms with Gasteiger partial charge >= 0.3 is 0 Å². The number of nitrogens with one attached hydrogen (secondary N) is 1. The van der Waals surface area contributed by atoms with Crippen LogP contribution in [0.1, 0.15) is 18.2 Å². The quantitative estimate of drug-likeness (QED) is 0.293. The van der Waals surface area contributed by atoms with Gasteiger partial charge in [0.2, 0.25) is 5.91 Å². The third-order valence-electron chi connectivity index (χ3n) is 3.92. The summed E-state index contributed by atoms with van der Waals surface area (Å²) < 4.78 is 2.00. The first-order valence-electron chi connectivity index (χ1n) is 8.74. The van der Waals surface area contributed by atoms with E-state index in [9.17, 15) is 14.9 Å². The molecule has 1 N–H and O–H groups in total. The van der Waals surface area contributed by atoms with E-state index in [-0.39, 0.29) is 28.1 Å². The number of rotatable bonds is 8. The van der Waals surface area contributed by atoms with Crippen LogP contribution in [0.5, 0.6) is 0 Å². The molecule has 0 radical (unpaired) electrons. The van der Waals surface area contributed by atoms with Crippen molar-refractivity contribution in [3.8, 4) is 11.4 Å². The maximum Gasteiger partial charge on any atom is 0.271 e. The first-order chi connectivity index (χ1) is 13.9. The molecule has 3 rings (SSSR count). The van der Waals surface area contributed by atoms with Gasteiger partial charge in [-0.05, 0) is 25.5 Å². The number of nitro benzene ring substituents is 1. The summed E-state index contributed by atoms with van der Waals surface area (Å²) >= 11 is 8.94. The monoisotopic (exact) mass is 451 g/mol. The summed E-state index contributed by atoms with van der Waals surface area (Å²) in [5.74, 6) is 0.515. The van der Waals surface area contributed by atoms with Gasteiger partial charge in [0.25, 0.3) is 5.69 Å². The number of anilines is 1. The zero-order chi connectivity index (χ0) is 21.0. The lowest BCUT2D eigenvalue weighted by Crippen LogP contribution is -2.15. The molecule has 0 spiro atoms. The first-order valence-corrected chi connectivity index (χ1v) is 11.0. The van der Waals surface area contributed by atoms with Gasteiger partial charge in [-0.25, -0.2) is 0 Å². The van der Waals surface area contributed by atoms with Crippen LogP contribution in [0.25, 0.3) is 11.4 Å². The average Bonchev–Trinajstić information content (AvgIpc) is 3.28. The Morgan fingerprint density at radius 1 is 1.38 bits per heavy atom. The van der Waals surface area contributed by atoms with Crippen molar-refractivity contribution in [2.24, 2.45) is 0 Å². The fourth-order valence-corrected chi connectivity index (χ4v) is 4.24. The van der Waals surface area contributed by atoms with E-state index < -0.39 is 4.92 Å². The van der Waals surface area contributed by atoms with Gasteiger partial charge in [-0.1, -0.05) is 30.3 Å². The minimum absolute atomic E-state index is 0.0729. The highest BCUT2D eigenvalue weighted by Crippen LogP contribution is 2.29. The molecular formula is C18H18ClN5O3S2. The molecule has 1 aromatic carbocycles. The van der Waals surface area contributed by atoms with Gasteiger partial charge in [-0.2, -0.15) is 0 Å². The molecule has 0 bridgehead atoms. The van der Waals surface area contributed by atoms with E-state index in [0.717, 1.165) is 24.4 Å². The predicted octanol–water partition coefficient (Wildman–Crippen LogP) is 5.02. The second-order valence-electron chi connectivity index (χ2n) is 6.16. The number of hydrogen-bond donors (Lipinski definition) is 1. The van der Waals surface area contributed by atoms with Crippen LogP contribution < -0.4 is 5.32 Å². The predicted molar refractivity (Wildman–Crippen MR) is 116 cm³/mol. The molecule has 8 nitrogen and oxygen atoms in total. The summed E-state index contributed by atoms with van der Waals surface area (Å²) in [6.07, 6.45) is 0.900. The second kappa shape index (κ2) is 9.38. The third-order valence-corrected chi connectivity index (χ3v) is 6.08. The topological polar surface area (TPSA) is 103 Å². The summed E-state index contributed by atoms with van der Waals surface area (Å²) in [5.41, 5.74) is 1.07. The van der Waals surface area contributed by atoms with Crippen molar-refractivity contribution >= 4 is 52.0 Å². The maximum absolute atomic E-state index is 12.4. The Morgan fingerprint density at radius 3 is 2.83 bits per heavy atom. The number of carbonyl (C=O) groups is 1. The molecule has 0 aliphatic heterocycles. The van der Waals surface area contributed by atoms with Crippen molar-refractivity contribution in [1.82, 2.24) is 14.8 Å². The highest BCUT2D eigenvalue weighted by atomic mass is 35.5. The fourth-order valence-electron chi connectivity index (χ4n) is 2.63. The Balaban J connectivity index is 1.71. The summed E-state index contributed by atoms with van der Waals surface area (Å²) in [5, 5.41) is 25.0. The Kier molecular flexibility index (Phi) is 6.88. The molecule has 2 aromatic heterocycles. The SMILES string of the molecule is CCCn1c(SCC(=O)Nc2cc([N+](=O)[O-])ccc2Cl)nnc1-c1csc(C)c1. The highest BCUT2D eigenvalue weighted by Gasteiger charge is 2.17. The molecule has 11 heteroatoms. The van der Waals surface area contributed by atoms with Crippen LogP contribution in [0.3, 0.4) is 0 Å². The molecule has 0 atom stereocenters. The van der Waals surface area contributed by atoms with Crippen LogP contribution in [0.4, 0.5) is 11.4 Å². The number of nitro groups is 1. The van der Waals surface area contributed by atoms with Crippen LogP contribution in [0.2, 0.25) is 5.02 Å². The third kappa shape index (κ3) is 5.14. The lowest BCUT2D eigenvalue weighted by molar-refractivity contribution is -0.384. The number of thiophene rings is 1. The number of halogens is 1. The van der Waals surface area contributed by atoms with Crippen molar-refractivity contribution in [3.63, 3.8) is 0 Å². The Morgan fingerprint density at radius 2 is 2.17 bits per heavy atom. The lowest BCUT2D eigenvalue weighted by atomic mass is 10.3. The summed E-state index contributed by atoms with van der Waals surface area (Å²) in [6, 6.07) is 5.97. The molecule has 0 aliphatic carbocycles. The Labute approximate surface area is 180 Å². The van der Waals surface area contributed by atoms with Crippen LogP contribution in [0, 0.1) is 17.0 Å². The summed E-state index contributed by atoms with van der Waals surface area (Å²) in [4.78, 5) is 23.9. The fraction of sp³-hybridized carbons (Fsp3) is 0.278. The molecular weight excluding hydrogens is 434 g/mol. The summed E-state index contributed by atoms with van der Waals surface area (Å²) in [6.45, 7) is 4.83. The van der Waals surface area contributed by atoms with Crippen LogP contribution in [-0.2, 0) is 11.3 Å². The molecule has 3 aromatic rings. The van der Waals surface area contributed by atoms with Gasteiger partial charge in [-0.3, -0.25) is 14.9 Å². The number of thioether (sulfide) groups is 1. The van der Waals surface area contributed by atoms with Crippen LogP contribution >= 0.6 is 34.7 Å². The molecule has 0 fully saturated rings. The number of hydrogen-bond acceptors (Lipinski definition) is 7. The van der Waals surface area contributed by atoms with Gasteiger partial charge in [0.1, 0.15) is 0 Å². The molecule has 2 heterocycles. The van der Waals surface area contributed by atoms with Gasteiger partial charge in [0, 0.05) is 34.5 Å². The van der Waals surface area contributed by atoms with E-state index in [1.165, 1.54) is 34.8 Å². The maximum atomic E-state index is 12.4. The second-order valence-corrected chi connectivity index (χ2v) is 8.63. The molecule has 0 saturated heterocycles. The van der Waals surface area contributed by atoms with Crippen LogP contribution in [0.15, 0.2) is 34.8 Å². The van der Waals surface area contributed by atoms with Gasteiger partial charge in [0.05, 0.1) is 21.4 Å². The van der Waals surface area contributed by atoms with E-state index in [1.807, 2.05) is 16.9 Å². The Bertz CT molecular complexity index is 1050. The molecule has 1 amide bonds. The highest BCUT2D eigenvalue weighted by molar-refractivity contribution is 7.99. The first kappa shape index (κ1) is 21.3. The lowest BCUT2D eigenvalue weighted by Gasteiger charge is -2.09. The number of non-ortho nitro benzene ring substituents is 1. The minimum Gasteiger partial charge on any atom is -0.324 e. The molecule has 0 aliphatic rings. The van der Waals surface area contributed by atoms with E-state index in [0.29, 0.717) is 5.16 Å². The van der Waals surface area contributed by atoms with E-state index in [1.54, 1.807) is 11.3 Å². The van der Waals surface area contributed by atoms with Crippen molar-refractivity contribution in [1.29, 1.82) is 0 Å². The minimum atomic E-state index is -0.540. The van der Waals surface area contributed by atoms with Crippen molar-refractivity contribution < 1.29 is 9.72 Å². The van der Waals surface area contributed by atoms with Crippen molar-refractivity contribution in [3.05, 3.63) is 49.7 Å². The smallest absolute Gasteiger partial charge is 0.271 e. The van der Waals surface area contributed by atoms with E-state index in [4.69, 9.17) is 11.6 Å². The zero-order valence-electron chi connectivity index (χ0n) is 15.7. The summed E-state index contributed by atoms with van der Waals surface area (Å²) in [7, 11) is 0. The normalized spacial score (nSPS) is 10.9. The van der Waals surface area contributed by atoms with Crippen LogP contribution in [-0.4, -0.2) is 31.3 Å². The molecule has 152 valence electrons. The largest absolute Gasteiger partial charge is 0.324 e. The number of aromatic nitrogens is 3. The van der Waals surface area contributed by atoms with Gasteiger partial charge in [0.15, 0.2) is 11.0 Å². The molecule has 0 saturated carbocycles. The number of nitrogens with zero attached hydrogens (tertiary/aromatic N) is 4. The average molecular weight is 452 g/mol. The van der Waals surface area contributed by atoms with Gasteiger partial charge < -0.3 is 9.88 Å². The number of benzene rings is 1. The van der Waals surface area contributed by atoms with Crippen molar-refractivity contribution in [2.45, 2.75) is 32.0 Å². The number of amides is 1. The van der Waals surface area contributed by atoms with E-state index in [2.05, 4.69) is 28.5 Å². The Hall–Kier alpha value is -2.43. The molecule has 29 heavy (non-hydrogen) atoms. The molecule has 0 unspecified atom stereocenters. The number of carbonyl (C=O) groups excluding carboxylic acids is 1. The number of aryl methyl sites for hydroxylation is 1. The van der Waals surface area contributed by atoms with Gasteiger partial charge in [-0.15, -0.1) is 21.5 Å². The zero-order valence-corrected chi connectivity index (χ0v) is 18.1. The van der Waals surface area contributed by atoms with Crippen molar-refractivity contribution in [2.75, 3.05) is 11.1 Å². The standard InChI is InChI=1S/C18H18ClN5O3S2/c1-3-6-23-17(12-7-11(2)28-9-12)21-22-18(23)29-10-16(25)20-15-8-13(24(26)27)4-5-14(15)19/h4-5,7-9H,3,6,10H2,1-2H3,(H,20,25). The van der Waals surface area contributed by atoms with E-state index >= 15 is 0 Å².